The molecular weight excluding hydrogens is 316 g/mol. The topological polar surface area (TPSA) is 61.7 Å². The van der Waals surface area contributed by atoms with E-state index in [0.717, 1.165) is 56.8 Å². The Morgan fingerprint density at radius 1 is 1.16 bits per heavy atom. The highest BCUT2D eigenvalue weighted by atomic mass is 16.5. The second-order valence-corrected chi connectivity index (χ2v) is 8.00. The molecule has 4 rings (SSSR count). The van der Waals surface area contributed by atoms with Crippen LogP contribution in [0.3, 0.4) is 0 Å². The lowest BCUT2D eigenvalue weighted by molar-refractivity contribution is -0.0820. The molecule has 2 aliphatic heterocycles. The van der Waals surface area contributed by atoms with Gasteiger partial charge in [0.25, 0.3) is 0 Å². The molecule has 3 heterocycles. The van der Waals surface area contributed by atoms with E-state index in [9.17, 15) is 5.11 Å². The normalized spacial score (nSPS) is 25.0. The van der Waals surface area contributed by atoms with E-state index < -0.39 is 5.60 Å². The lowest BCUT2D eigenvalue weighted by atomic mass is 9.92. The van der Waals surface area contributed by atoms with Crippen LogP contribution in [0.25, 0.3) is 0 Å². The van der Waals surface area contributed by atoms with Crippen LogP contribution in [-0.4, -0.2) is 70.5 Å². The predicted octanol–water partition coefficient (Wildman–Crippen LogP) is 1.76. The second kappa shape index (κ2) is 7.17. The van der Waals surface area contributed by atoms with Gasteiger partial charge in [0.2, 0.25) is 0 Å². The van der Waals surface area contributed by atoms with Crippen LogP contribution in [0.5, 0.6) is 0 Å². The largest absolute Gasteiger partial charge is 0.388 e. The zero-order chi connectivity index (χ0) is 17.3. The molecule has 0 atom stereocenters. The number of β-amino-alcohol motifs (C(OH)–C–C–N with tert-alkyl or cyclic N) is 1. The Labute approximate surface area is 150 Å². The molecule has 0 aromatic carbocycles. The SMILES string of the molecule is Cc1cc(N(C2CC2)C2CCN(CC3(O)CCOCC3)CC2)ncn1. The van der Waals surface area contributed by atoms with Crippen molar-refractivity contribution in [2.75, 3.05) is 37.7 Å². The standard InChI is InChI=1S/C19H30N4O2/c1-15-12-18(21-14-20-15)23(16-2-3-16)17-4-8-22(9-5-17)13-19(24)6-10-25-11-7-19/h12,14,16-17,24H,2-11,13H2,1H3. The van der Waals surface area contributed by atoms with Crippen molar-refractivity contribution in [2.45, 2.75) is 63.1 Å². The molecule has 1 aliphatic carbocycles. The van der Waals surface area contributed by atoms with Crippen molar-refractivity contribution in [1.29, 1.82) is 0 Å². The van der Waals surface area contributed by atoms with E-state index in [1.807, 2.05) is 6.92 Å². The van der Waals surface area contributed by atoms with Crippen LogP contribution in [0.2, 0.25) is 0 Å². The van der Waals surface area contributed by atoms with Crippen LogP contribution in [0.1, 0.15) is 44.2 Å². The summed E-state index contributed by atoms with van der Waals surface area (Å²) in [5, 5.41) is 10.8. The Morgan fingerprint density at radius 3 is 2.48 bits per heavy atom. The van der Waals surface area contributed by atoms with Crippen molar-refractivity contribution in [3.8, 4) is 0 Å². The molecule has 6 nitrogen and oxygen atoms in total. The van der Waals surface area contributed by atoms with Gasteiger partial charge in [-0.2, -0.15) is 0 Å². The molecule has 1 saturated carbocycles. The van der Waals surface area contributed by atoms with Crippen molar-refractivity contribution >= 4 is 5.82 Å². The van der Waals surface area contributed by atoms with Crippen LogP contribution in [0.15, 0.2) is 12.4 Å². The van der Waals surface area contributed by atoms with Crippen molar-refractivity contribution in [3.63, 3.8) is 0 Å². The summed E-state index contributed by atoms with van der Waals surface area (Å²) in [6.07, 6.45) is 8.07. The molecule has 138 valence electrons. The summed E-state index contributed by atoms with van der Waals surface area (Å²) >= 11 is 0. The van der Waals surface area contributed by atoms with Crippen LogP contribution >= 0.6 is 0 Å². The third kappa shape index (κ3) is 4.13. The van der Waals surface area contributed by atoms with Gasteiger partial charge >= 0.3 is 0 Å². The van der Waals surface area contributed by atoms with Crippen LogP contribution < -0.4 is 4.90 Å². The summed E-state index contributed by atoms with van der Waals surface area (Å²) in [6.45, 7) is 6.32. The molecule has 6 heteroatoms. The van der Waals surface area contributed by atoms with Crippen molar-refractivity contribution in [2.24, 2.45) is 0 Å². The van der Waals surface area contributed by atoms with Gasteiger partial charge in [0.05, 0.1) is 5.60 Å². The minimum Gasteiger partial charge on any atom is -0.388 e. The van der Waals surface area contributed by atoms with Gasteiger partial charge in [-0.05, 0) is 32.6 Å². The molecule has 25 heavy (non-hydrogen) atoms. The summed E-state index contributed by atoms with van der Waals surface area (Å²) < 4.78 is 5.40. The Balaban J connectivity index is 1.37. The summed E-state index contributed by atoms with van der Waals surface area (Å²) in [7, 11) is 0. The van der Waals surface area contributed by atoms with Gasteiger partial charge in [-0.3, -0.25) is 0 Å². The quantitative estimate of drug-likeness (QED) is 0.877. The van der Waals surface area contributed by atoms with E-state index in [1.54, 1.807) is 6.33 Å². The number of nitrogens with zero attached hydrogens (tertiary/aromatic N) is 4. The molecule has 0 amide bonds. The van der Waals surface area contributed by atoms with Gasteiger partial charge in [-0.25, -0.2) is 9.97 Å². The molecule has 1 aromatic rings. The third-order valence-electron chi connectivity index (χ3n) is 5.89. The number of likely N-dealkylation sites (tertiary alicyclic amines) is 1. The zero-order valence-corrected chi connectivity index (χ0v) is 15.2. The molecular formula is C19H30N4O2. The number of hydrogen-bond donors (Lipinski definition) is 1. The first kappa shape index (κ1) is 17.2. The number of hydrogen-bond acceptors (Lipinski definition) is 6. The molecule has 2 saturated heterocycles. The molecule has 0 spiro atoms. The third-order valence-corrected chi connectivity index (χ3v) is 5.89. The van der Waals surface area contributed by atoms with E-state index in [0.29, 0.717) is 25.3 Å². The lowest BCUT2D eigenvalue weighted by Crippen LogP contribution is -2.52. The predicted molar refractivity (Wildman–Crippen MR) is 96.7 cm³/mol. The minimum absolute atomic E-state index is 0.551. The molecule has 3 fully saturated rings. The number of rotatable bonds is 5. The van der Waals surface area contributed by atoms with Gasteiger partial charge in [0.15, 0.2) is 0 Å². The highest BCUT2D eigenvalue weighted by molar-refractivity contribution is 5.43. The number of anilines is 1. The molecule has 3 aliphatic rings. The number of piperidine rings is 1. The van der Waals surface area contributed by atoms with Gasteiger partial charge in [0.1, 0.15) is 12.1 Å². The highest BCUT2D eigenvalue weighted by Crippen LogP contribution is 2.35. The highest BCUT2D eigenvalue weighted by Gasteiger charge is 2.38. The van der Waals surface area contributed by atoms with E-state index in [4.69, 9.17) is 4.74 Å². The van der Waals surface area contributed by atoms with Crippen LogP contribution in [0, 0.1) is 6.92 Å². The van der Waals surface area contributed by atoms with E-state index in [1.165, 1.54) is 12.8 Å². The fourth-order valence-electron chi connectivity index (χ4n) is 4.29. The zero-order valence-electron chi connectivity index (χ0n) is 15.2. The molecule has 0 unspecified atom stereocenters. The van der Waals surface area contributed by atoms with E-state index in [-0.39, 0.29) is 0 Å². The smallest absolute Gasteiger partial charge is 0.132 e. The Kier molecular flexibility index (Phi) is 4.93. The average Bonchev–Trinajstić information content (AvgIpc) is 3.42. The first-order chi connectivity index (χ1) is 12.1. The number of aromatic nitrogens is 2. The summed E-state index contributed by atoms with van der Waals surface area (Å²) in [6, 6.07) is 3.34. The average molecular weight is 346 g/mol. The Bertz CT molecular complexity index is 579. The Morgan fingerprint density at radius 2 is 1.84 bits per heavy atom. The van der Waals surface area contributed by atoms with Gasteiger partial charge in [0, 0.05) is 69.5 Å². The minimum atomic E-state index is -0.551. The van der Waals surface area contributed by atoms with E-state index >= 15 is 0 Å². The molecule has 0 bridgehead atoms. The molecule has 0 radical (unpaired) electrons. The molecule has 1 aromatic heterocycles. The lowest BCUT2D eigenvalue weighted by Gasteiger charge is -2.42. The van der Waals surface area contributed by atoms with Crippen molar-refractivity contribution in [1.82, 2.24) is 14.9 Å². The maximum atomic E-state index is 10.8. The number of aryl methyl sites for hydroxylation is 1. The van der Waals surface area contributed by atoms with Gasteiger partial charge in [-0.15, -0.1) is 0 Å². The van der Waals surface area contributed by atoms with Crippen molar-refractivity contribution < 1.29 is 9.84 Å². The summed E-state index contributed by atoms with van der Waals surface area (Å²) in [5.74, 6) is 1.09. The maximum absolute atomic E-state index is 10.8. The van der Waals surface area contributed by atoms with Crippen molar-refractivity contribution in [3.05, 3.63) is 18.1 Å². The first-order valence-corrected chi connectivity index (χ1v) is 9.72. The first-order valence-electron chi connectivity index (χ1n) is 9.72. The van der Waals surface area contributed by atoms with Crippen LogP contribution in [0.4, 0.5) is 5.82 Å². The summed E-state index contributed by atoms with van der Waals surface area (Å²) in [4.78, 5) is 13.8. The van der Waals surface area contributed by atoms with Gasteiger partial charge < -0.3 is 19.6 Å². The van der Waals surface area contributed by atoms with E-state index in [2.05, 4.69) is 25.8 Å². The molecule has 1 N–H and O–H groups in total. The maximum Gasteiger partial charge on any atom is 0.132 e. The van der Waals surface area contributed by atoms with Gasteiger partial charge in [-0.1, -0.05) is 0 Å². The summed E-state index contributed by atoms with van der Waals surface area (Å²) in [5.41, 5.74) is 0.486. The second-order valence-electron chi connectivity index (χ2n) is 8.00. The monoisotopic (exact) mass is 346 g/mol. The number of ether oxygens (including phenoxy) is 1. The fourth-order valence-corrected chi connectivity index (χ4v) is 4.29. The number of aliphatic hydroxyl groups is 1. The van der Waals surface area contributed by atoms with Crippen LogP contribution in [-0.2, 0) is 4.74 Å². The Hall–Kier alpha value is -1.24. The fraction of sp³-hybridized carbons (Fsp3) is 0.789.